The summed E-state index contributed by atoms with van der Waals surface area (Å²) in [5, 5.41) is 4.59. The van der Waals surface area contributed by atoms with Gasteiger partial charge in [-0.1, -0.05) is 11.6 Å². The lowest BCUT2D eigenvalue weighted by atomic mass is 10.3. The van der Waals surface area contributed by atoms with Crippen molar-refractivity contribution < 1.29 is 9.18 Å². The predicted octanol–water partition coefficient (Wildman–Crippen LogP) is 4.91. The lowest BCUT2D eigenvalue weighted by Crippen LogP contribution is -2.12. The number of nitrogens with zero attached hydrogens (tertiary/aromatic N) is 2. The van der Waals surface area contributed by atoms with Gasteiger partial charge in [0.05, 0.1) is 5.02 Å². The number of benzene rings is 1. The van der Waals surface area contributed by atoms with E-state index in [0.29, 0.717) is 17.9 Å². The average Bonchev–Trinajstić information content (AvgIpc) is 2.92. The highest BCUT2D eigenvalue weighted by Crippen LogP contribution is 2.30. The van der Waals surface area contributed by atoms with E-state index in [2.05, 4.69) is 21.4 Å². The fourth-order valence-electron chi connectivity index (χ4n) is 2.11. The number of thioether (sulfide) groups is 1. The highest BCUT2D eigenvalue weighted by molar-refractivity contribution is 7.99. The van der Waals surface area contributed by atoms with E-state index in [1.54, 1.807) is 17.7 Å². The minimum Gasteiger partial charge on any atom is -0.326 e. The number of aryl methyl sites for hydroxylation is 1. The molecule has 1 amide bonds. The Morgan fingerprint density at radius 1 is 1.38 bits per heavy atom. The number of fused-ring (bicyclic) bond motifs is 1. The van der Waals surface area contributed by atoms with Crippen LogP contribution in [0, 0.1) is 12.7 Å². The van der Waals surface area contributed by atoms with Gasteiger partial charge in [-0.2, -0.15) is 0 Å². The normalized spacial score (nSPS) is 11.0. The standard InChI is InChI=1S/C16H13ClFN3OS2/c1-9-6-11-15(19-8-20-16(11)24-9)23-5-4-14(22)21-10-2-3-13(18)12(17)7-10/h2-3,6-8H,4-5H2,1H3,(H,21,22). The van der Waals surface area contributed by atoms with Crippen LogP contribution in [0.2, 0.25) is 5.02 Å². The molecule has 1 aromatic carbocycles. The quantitative estimate of drug-likeness (QED) is 0.503. The first-order valence-electron chi connectivity index (χ1n) is 7.12. The lowest BCUT2D eigenvalue weighted by Gasteiger charge is -2.06. The molecule has 0 saturated heterocycles. The topological polar surface area (TPSA) is 54.9 Å². The van der Waals surface area contributed by atoms with E-state index in [1.807, 2.05) is 6.92 Å². The Morgan fingerprint density at radius 3 is 3.00 bits per heavy atom. The molecule has 4 nitrogen and oxygen atoms in total. The fraction of sp³-hybridized carbons (Fsp3) is 0.188. The van der Waals surface area contributed by atoms with Gasteiger partial charge in [-0.25, -0.2) is 14.4 Å². The first-order chi connectivity index (χ1) is 11.5. The molecule has 0 aliphatic rings. The maximum atomic E-state index is 13.1. The third-order valence-corrected chi connectivity index (χ3v) is 5.44. The highest BCUT2D eigenvalue weighted by atomic mass is 35.5. The fourth-order valence-corrected chi connectivity index (χ4v) is 4.11. The molecule has 8 heteroatoms. The molecule has 0 spiro atoms. The molecular weight excluding hydrogens is 369 g/mol. The number of rotatable bonds is 5. The summed E-state index contributed by atoms with van der Waals surface area (Å²) in [4.78, 5) is 22.6. The molecule has 124 valence electrons. The van der Waals surface area contributed by atoms with Gasteiger partial charge in [0.25, 0.3) is 0 Å². The number of hydrogen-bond donors (Lipinski definition) is 1. The zero-order valence-electron chi connectivity index (χ0n) is 12.7. The van der Waals surface area contributed by atoms with Gasteiger partial charge >= 0.3 is 0 Å². The number of halogens is 2. The number of hydrogen-bond acceptors (Lipinski definition) is 5. The first-order valence-corrected chi connectivity index (χ1v) is 9.30. The SMILES string of the molecule is Cc1cc2c(SCCC(=O)Nc3ccc(F)c(Cl)c3)ncnc2s1. The summed E-state index contributed by atoms with van der Waals surface area (Å²) in [7, 11) is 0. The van der Waals surface area contributed by atoms with Crippen molar-refractivity contribution in [1.29, 1.82) is 0 Å². The minimum absolute atomic E-state index is 0.0154. The van der Waals surface area contributed by atoms with Gasteiger partial charge in [0.1, 0.15) is 22.0 Å². The molecule has 0 aliphatic heterocycles. The second-order valence-electron chi connectivity index (χ2n) is 5.03. The Hall–Kier alpha value is -1.70. The summed E-state index contributed by atoms with van der Waals surface area (Å²) in [6.07, 6.45) is 1.86. The van der Waals surface area contributed by atoms with Crippen LogP contribution < -0.4 is 5.32 Å². The molecule has 0 fully saturated rings. The number of anilines is 1. The van der Waals surface area contributed by atoms with Crippen LogP contribution in [0.5, 0.6) is 0 Å². The molecule has 1 N–H and O–H groups in total. The van der Waals surface area contributed by atoms with Crippen LogP contribution in [0.3, 0.4) is 0 Å². The first kappa shape index (κ1) is 17.1. The molecule has 0 saturated carbocycles. The van der Waals surface area contributed by atoms with E-state index >= 15 is 0 Å². The third kappa shape index (κ3) is 4.03. The molecule has 0 atom stereocenters. The van der Waals surface area contributed by atoms with E-state index in [-0.39, 0.29) is 10.9 Å². The van der Waals surface area contributed by atoms with Crippen molar-refractivity contribution in [3.05, 3.63) is 46.3 Å². The Kier molecular flexibility index (Phi) is 5.33. The number of carbonyl (C=O) groups is 1. The summed E-state index contributed by atoms with van der Waals surface area (Å²) in [5.41, 5.74) is 0.481. The van der Waals surface area contributed by atoms with E-state index in [9.17, 15) is 9.18 Å². The molecule has 3 aromatic rings. The van der Waals surface area contributed by atoms with Crippen LogP contribution in [0.1, 0.15) is 11.3 Å². The van der Waals surface area contributed by atoms with Crippen LogP contribution in [-0.2, 0) is 4.79 Å². The predicted molar refractivity (Wildman–Crippen MR) is 97.5 cm³/mol. The molecule has 0 radical (unpaired) electrons. The van der Waals surface area contributed by atoms with Crippen molar-refractivity contribution in [3.63, 3.8) is 0 Å². The monoisotopic (exact) mass is 381 g/mol. The van der Waals surface area contributed by atoms with E-state index in [0.717, 1.165) is 15.2 Å². The van der Waals surface area contributed by atoms with Gasteiger partial charge in [0, 0.05) is 28.1 Å². The summed E-state index contributed by atoms with van der Waals surface area (Å²) in [6, 6.07) is 6.16. The third-order valence-electron chi connectivity index (χ3n) is 3.19. The summed E-state index contributed by atoms with van der Waals surface area (Å²) >= 11 is 8.84. The Morgan fingerprint density at radius 2 is 2.21 bits per heavy atom. The molecule has 2 aromatic heterocycles. The van der Waals surface area contributed by atoms with Crippen molar-refractivity contribution >= 4 is 56.5 Å². The molecule has 3 rings (SSSR count). The maximum Gasteiger partial charge on any atom is 0.225 e. The molecule has 0 unspecified atom stereocenters. The van der Waals surface area contributed by atoms with Crippen LogP contribution in [0.25, 0.3) is 10.2 Å². The van der Waals surface area contributed by atoms with Crippen molar-refractivity contribution in [1.82, 2.24) is 9.97 Å². The van der Waals surface area contributed by atoms with E-state index in [4.69, 9.17) is 11.6 Å². The Labute approximate surface area is 151 Å². The zero-order valence-corrected chi connectivity index (χ0v) is 15.1. The Balaban J connectivity index is 1.57. The van der Waals surface area contributed by atoms with Crippen LogP contribution in [0.15, 0.2) is 35.6 Å². The molecule has 2 heterocycles. The molecule has 0 bridgehead atoms. The molecular formula is C16H13ClFN3OS2. The van der Waals surface area contributed by atoms with Crippen LogP contribution >= 0.6 is 34.7 Å². The summed E-state index contributed by atoms with van der Waals surface area (Å²) < 4.78 is 13.1. The number of amides is 1. The largest absolute Gasteiger partial charge is 0.326 e. The van der Waals surface area contributed by atoms with Crippen LogP contribution in [0.4, 0.5) is 10.1 Å². The Bertz CT molecular complexity index is 900. The second-order valence-corrected chi connectivity index (χ2v) is 7.76. The summed E-state index contributed by atoms with van der Waals surface area (Å²) in [6.45, 7) is 2.03. The maximum absolute atomic E-state index is 13.1. The number of nitrogens with one attached hydrogen (secondary N) is 1. The van der Waals surface area contributed by atoms with Gasteiger partial charge in [0.15, 0.2) is 0 Å². The number of carbonyl (C=O) groups excluding carboxylic acids is 1. The van der Waals surface area contributed by atoms with Gasteiger partial charge in [0.2, 0.25) is 5.91 Å². The van der Waals surface area contributed by atoms with Gasteiger partial charge < -0.3 is 5.32 Å². The zero-order chi connectivity index (χ0) is 17.1. The smallest absolute Gasteiger partial charge is 0.225 e. The van der Waals surface area contributed by atoms with Crippen molar-refractivity contribution in [2.24, 2.45) is 0 Å². The van der Waals surface area contributed by atoms with Gasteiger partial charge in [-0.3, -0.25) is 4.79 Å². The van der Waals surface area contributed by atoms with Crippen molar-refractivity contribution in [2.75, 3.05) is 11.1 Å². The highest BCUT2D eigenvalue weighted by Gasteiger charge is 2.09. The lowest BCUT2D eigenvalue weighted by molar-refractivity contribution is -0.115. The van der Waals surface area contributed by atoms with E-state index in [1.165, 1.54) is 34.8 Å². The summed E-state index contributed by atoms with van der Waals surface area (Å²) in [5.74, 6) is -0.0806. The molecule has 0 aliphatic carbocycles. The number of aromatic nitrogens is 2. The van der Waals surface area contributed by atoms with Gasteiger partial charge in [-0.05, 0) is 31.2 Å². The van der Waals surface area contributed by atoms with Crippen LogP contribution in [-0.4, -0.2) is 21.6 Å². The average molecular weight is 382 g/mol. The van der Waals surface area contributed by atoms with Crippen molar-refractivity contribution in [2.45, 2.75) is 18.4 Å². The van der Waals surface area contributed by atoms with Gasteiger partial charge in [-0.15, -0.1) is 23.1 Å². The minimum atomic E-state index is -0.510. The second kappa shape index (κ2) is 7.46. The molecule has 24 heavy (non-hydrogen) atoms. The number of thiophene rings is 1. The van der Waals surface area contributed by atoms with E-state index < -0.39 is 5.82 Å². The van der Waals surface area contributed by atoms with Crippen molar-refractivity contribution in [3.8, 4) is 0 Å².